The molecule has 1 saturated heterocycles. The van der Waals surface area contributed by atoms with Crippen molar-refractivity contribution in [3.8, 4) is 17.3 Å². The number of nitrogens with one attached hydrogen (secondary N) is 1. The van der Waals surface area contributed by atoms with Crippen LogP contribution in [0.4, 0.5) is 11.5 Å². The summed E-state index contributed by atoms with van der Waals surface area (Å²) in [5, 5.41) is 3.10. The highest BCUT2D eigenvalue weighted by Gasteiger charge is 2.35. The number of nitrogens with zero attached hydrogens (tertiary/aromatic N) is 4. The molecule has 1 aromatic carbocycles. The number of rotatable bonds is 5. The molecule has 7 heteroatoms. The zero-order valence-electron chi connectivity index (χ0n) is 18.5. The predicted molar refractivity (Wildman–Crippen MR) is 124 cm³/mol. The number of methoxy groups -OCH3 is 1. The lowest BCUT2D eigenvalue weighted by atomic mass is 10.1. The normalized spacial score (nSPS) is 17.3. The molecule has 7 nitrogen and oxygen atoms in total. The van der Waals surface area contributed by atoms with Gasteiger partial charge in [0.25, 0.3) is 0 Å². The minimum absolute atomic E-state index is 0.0313. The van der Waals surface area contributed by atoms with Gasteiger partial charge in [-0.1, -0.05) is 12.1 Å². The molecule has 1 amide bonds. The van der Waals surface area contributed by atoms with E-state index >= 15 is 0 Å². The molecule has 3 aromatic rings. The first-order valence-electron chi connectivity index (χ1n) is 11.2. The van der Waals surface area contributed by atoms with Crippen LogP contribution in [0.2, 0.25) is 0 Å². The Bertz CT molecular complexity index is 1150. The summed E-state index contributed by atoms with van der Waals surface area (Å²) in [5.74, 6) is 2.15. The van der Waals surface area contributed by atoms with Crippen LogP contribution in [0.15, 0.2) is 42.6 Å². The van der Waals surface area contributed by atoms with E-state index < -0.39 is 0 Å². The highest BCUT2D eigenvalue weighted by atomic mass is 16.5. The maximum atomic E-state index is 13.4. The van der Waals surface area contributed by atoms with E-state index in [1.165, 1.54) is 5.56 Å². The number of amides is 1. The van der Waals surface area contributed by atoms with Crippen LogP contribution in [0.1, 0.15) is 36.1 Å². The molecule has 2 aromatic heterocycles. The van der Waals surface area contributed by atoms with Gasteiger partial charge in [-0.2, -0.15) is 0 Å². The minimum atomic E-state index is -0.281. The number of carbonyl (C=O) groups excluding carboxylic acids is 1. The van der Waals surface area contributed by atoms with Crippen LogP contribution < -0.4 is 15.0 Å². The van der Waals surface area contributed by atoms with Crippen molar-refractivity contribution < 1.29 is 9.53 Å². The number of carbonyl (C=O) groups is 1. The zero-order chi connectivity index (χ0) is 22.1. The van der Waals surface area contributed by atoms with Crippen molar-refractivity contribution in [2.45, 2.75) is 45.1 Å². The van der Waals surface area contributed by atoms with E-state index in [0.717, 1.165) is 61.4 Å². The molecule has 1 aliphatic heterocycles. The van der Waals surface area contributed by atoms with Crippen molar-refractivity contribution in [1.82, 2.24) is 15.0 Å². The number of aromatic nitrogens is 3. The van der Waals surface area contributed by atoms with Gasteiger partial charge >= 0.3 is 0 Å². The summed E-state index contributed by atoms with van der Waals surface area (Å²) < 4.78 is 5.44. The van der Waals surface area contributed by atoms with Crippen molar-refractivity contribution in [1.29, 1.82) is 0 Å². The van der Waals surface area contributed by atoms with Crippen LogP contribution in [0.5, 0.6) is 5.75 Å². The van der Waals surface area contributed by atoms with Gasteiger partial charge in [0.15, 0.2) is 5.82 Å². The number of hydrogen-bond donors (Lipinski definition) is 1. The number of aryl methyl sites for hydroxylation is 2. The van der Waals surface area contributed by atoms with Crippen LogP contribution in [-0.2, 0) is 17.6 Å². The predicted octanol–water partition coefficient (Wildman–Crippen LogP) is 3.95. The molecular formula is C25H27N5O2. The Morgan fingerprint density at radius 1 is 1.16 bits per heavy atom. The molecule has 1 unspecified atom stereocenters. The molecule has 0 spiro atoms. The fraction of sp³-hybridized carbons (Fsp3) is 0.360. The van der Waals surface area contributed by atoms with Crippen LogP contribution in [0.3, 0.4) is 0 Å². The van der Waals surface area contributed by atoms with E-state index in [1.807, 2.05) is 43.3 Å². The van der Waals surface area contributed by atoms with E-state index in [1.54, 1.807) is 13.3 Å². The Morgan fingerprint density at radius 2 is 2.06 bits per heavy atom. The smallest absolute Gasteiger partial charge is 0.247 e. The van der Waals surface area contributed by atoms with E-state index in [9.17, 15) is 4.79 Å². The third-order valence-corrected chi connectivity index (χ3v) is 6.25. The van der Waals surface area contributed by atoms with E-state index in [2.05, 4.69) is 15.2 Å². The molecule has 1 N–H and O–H groups in total. The van der Waals surface area contributed by atoms with Crippen molar-refractivity contribution in [3.63, 3.8) is 0 Å². The summed E-state index contributed by atoms with van der Waals surface area (Å²) in [6.45, 7) is 2.80. The number of ether oxygens (including phenoxy) is 1. The van der Waals surface area contributed by atoms with Crippen molar-refractivity contribution >= 4 is 17.4 Å². The highest BCUT2D eigenvalue weighted by Crippen LogP contribution is 2.35. The average molecular weight is 430 g/mol. The fourth-order valence-corrected chi connectivity index (χ4v) is 4.69. The van der Waals surface area contributed by atoms with Gasteiger partial charge < -0.3 is 15.0 Å². The second-order valence-corrected chi connectivity index (χ2v) is 8.41. The van der Waals surface area contributed by atoms with Gasteiger partial charge in [0.2, 0.25) is 5.91 Å². The second kappa shape index (κ2) is 8.57. The van der Waals surface area contributed by atoms with Gasteiger partial charge in [-0.25, -0.2) is 9.97 Å². The summed E-state index contributed by atoms with van der Waals surface area (Å²) in [7, 11) is 1.62. The number of fused-ring (bicyclic) bond motifs is 1. The Kier molecular flexibility index (Phi) is 5.47. The lowest BCUT2D eigenvalue weighted by Gasteiger charge is -2.27. The summed E-state index contributed by atoms with van der Waals surface area (Å²) in [6.07, 6.45) is 6.44. The lowest BCUT2D eigenvalue weighted by molar-refractivity contribution is -0.117. The molecule has 1 atom stereocenters. The summed E-state index contributed by atoms with van der Waals surface area (Å²) in [5.41, 5.74) is 4.79. The molecule has 3 heterocycles. The van der Waals surface area contributed by atoms with E-state index in [0.29, 0.717) is 17.3 Å². The number of hydrogen-bond acceptors (Lipinski definition) is 6. The van der Waals surface area contributed by atoms with Gasteiger partial charge in [0, 0.05) is 24.0 Å². The molecule has 1 aliphatic carbocycles. The summed E-state index contributed by atoms with van der Waals surface area (Å²) in [4.78, 5) is 29.7. The Hall–Kier alpha value is -3.48. The zero-order valence-corrected chi connectivity index (χ0v) is 18.5. The molecule has 164 valence electrons. The third-order valence-electron chi connectivity index (χ3n) is 6.25. The molecular weight excluding hydrogens is 402 g/mol. The van der Waals surface area contributed by atoms with Crippen LogP contribution >= 0.6 is 0 Å². The topological polar surface area (TPSA) is 80.2 Å². The largest absolute Gasteiger partial charge is 0.495 e. The molecule has 1 fully saturated rings. The molecule has 0 bridgehead atoms. The van der Waals surface area contributed by atoms with Gasteiger partial charge in [-0.3, -0.25) is 9.78 Å². The maximum Gasteiger partial charge on any atom is 0.247 e. The number of anilines is 2. The van der Waals surface area contributed by atoms with Crippen LogP contribution in [0, 0.1) is 6.92 Å². The standard InChI is InChI=1S/C25H27N5O2/c1-16-11-12-22(32-2)20(15-16)28-25(31)21-10-6-14-30(21)24-17-7-5-9-18(17)27-23(29-24)19-8-3-4-13-26-19/h3-4,8,11-13,15,21H,5-7,9-10,14H2,1-2H3,(H,28,31). The maximum absolute atomic E-state index is 13.4. The highest BCUT2D eigenvalue weighted by molar-refractivity contribution is 5.98. The van der Waals surface area contributed by atoms with Crippen molar-refractivity contribution in [3.05, 3.63) is 59.4 Å². The first-order chi connectivity index (χ1) is 15.6. The first-order valence-corrected chi connectivity index (χ1v) is 11.2. The molecule has 0 saturated carbocycles. The van der Waals surface area contributed by atoms with Crippen molar-refractivity contribution in [2.24, 2.45) is 0 Å². The molecule has 2 aliphatic rings. The van der Waals surface area contributed by atoms with E-state index in [-0.39, 0.29) is 11.9 Å². The van der Waals surface area contributed by atoms with Gasteiger partial charge in [-0.05, 0) is 68.9 Å². The fourth-order valence-electron chi connectivity index (χ4n) is 4.69. The van der Waals surface area contributed by atoms with E-state index in [4.69, 9.17) is 14.7 Å². The Balaban J connectivity index is 1.48. The SMILES string of the molecule is COc1ccc(C)cc1NC(=O)C1CCCN1c1nc(-c2ccccn2)nc2c1CCC2. The number of pyridine rings is 1. The monoisotopic (exact) mass is 429 g/mol. The van der Waals surface area contributed by atoms with Gasteiger partial charge in [0.1, 0.15) is 23.3 Å². The third kappa shape index (κ3) is 3.79. The van der Waals surface area contributed by atoms with Crippen molar-refractivity contribution in [2.75, 3.05) is 23.9 Å². The minimum Gasteiger partial charge on any atom is -0.495 e. The van der Waals surface area contributed by atoms with Crippen LogP contribution in [0.25, 0.3) is 11.5 Å². The molecule has 5 rings (SSSR count). The molecule has 0 radical (unpaired) electrons. The van der Waals surface area contributed by atoms with Gasteiger partial charge in [0.05, 0.1) is 12.8 Å². The van der Waals surface area contributed by atoms with Gasteiger partial charge in [-0.15, -0.1) is 0 Å². The number of benzene rings is 1. The Morgan fingerprint density at radius 3 is 2.88 bits per heavy atom. The Labute approximate surface area is 187 Å². The summed E-state index contributed by atoms with van der Waals surface area (Å²) in [6, 6.07) is 11.3. The first kappa shape index (κ1) is 20.4. The van der Waals surface area contributed by atoms with Crippen LogP contribution in [-0.4, -0.2) is 40.6 Å². The average Bonchev–Trinajstić information content (AvgIpc) is 3.49. The second-order valence-electron chi connectivity index (χ2n) is 8.41. The lowest BCUT2D eigenvalue weighted by Crippen LogP contribution is -2.40. The molecule has 32 heavy (non-hydrogen) atoms. The quantitative estimate of drug-likeness (QED) is 0.662. The summed E-state index contributed by atoms with van der Waals surface area (Å²) >= 11 is 0.